The summed E-state index contributed by atoms with van der Waals surface area (Å²) in [6.07, 6.45) is 20.2. The molecule has 0 aliphatic rings. The minimum absolute atomic E-state index is 0. The molecule has 0 saturated carbocycles. The molecule has 1 N–H and O–H groups in total. The van der Waals surface area contributed by atoms with Gasteiger partial charge in [0.2, 0.25) is 5.91 Å². The van der Waals surface area contributed by atoms with Crippen LogP contribution >= 0.6 is 11.6 Å². The van der Waals surface area contributed by atoms with Crippen LogP contribution in [0.5, 0.6) is 5.75 Å². The lowest BCUT2D eigenvalue weighted by Gasteiger charge is -2.11. The van der Waals surface area contributed by atoms with Crippen LogP contribution in [0.1, 0.15) is 95.1 Å². The number of nitrogens with zero attached hydrogens (tertiary/aromatic N) is 1. The number of rotatable bonds is 19. The van der Waals surface area contributed by atoms with Crippen molar-refractivity contribution in [3.8, 4) is 5.75 Å². The van der Waals surface area contributed by atoms with Gasteiger partial charge in [0.1, 0.15) is 5.75 Å². The highest BCUT2D eigenvalue weighted by molar-refractivity contribution is 6.32. The van der Waals surface area contributed by atoms with Gasteiger partial charge < -0.3 is 27.0 Å². The molecular weight excluding hydrogens is 584 g/mol. The molecule has 0 radical (unpaired) electrons. The molecule has 3 rings (SSSR count). The Labute approximate surface area is 257 Å². The van der Waals surface area contributed by atoms with E-state index in [4.69, 9.17) is 16.3 Å². The molecule has 0 bridgehead atoms. The molecule has 3 aromatic rings. The van der Waals surface area contributed by atoms with Crippen LogP contribution in [-0.2, 0) is 17.8 Å². The minimum atomic E-state index is -0.0607. The molecule has 4 nitrogen and oxygen atoms in total. The average molecular weight is 630 g/mol. The van der Waals surface area contributed by atoms with E-state index in [-0.39, 0.29) is 29.3 Å². The van der Waals surface area contributed by atoms with Crippen LogP contribution in [-0.4, -0.2) is 12.5 Å². The molecule has 2 aromatic carbocycles. The fourth-order valence-electron chi connectivity index (χ4n) is 4.73. The Kier molecular flexibility index (Phi) is 17.3. The third kappa shape index (κ3) is 13.8. The molecule has 218 valence electrons. The van der Waals surface area contributed by atoms with Crippen molar-refractivity contribution >= 4 is 23.2 Å². The van der Waals surface area contributed by atoms with Crippen molar-refractivity contribution in [1.82, 2.24) is 0 Å². The van der Waals surface area contributed by atoms with Crippen LogP contribution in [0.25, 0.3) is 0 Å². The van der Waals surface area contributed by atoms with E-state index >= 15 is 0 Å². The van der Waals surface area contributed by atoms with Crippen molar-refractivity contribution in [3.63, 3.8) is 0 Å². The largest absolute Gasteiger partial charge is 1.00 e. The van der Waals surface area contributed by atoms with Crippen molar-refractivity contribution in [2.45, 2.75) is 96.9 Å². The van der Waals surface area contributed by atoms with E-state index in [9.17, 15) is 4.79 Å². The second-order valence-corrected chi connectivity index (χ2v) is 10.9. The monoisotopic (exact) mass is 628 g/mol. The molecule has 6 heteroatoms. The van der Waals surface area contributed by atoms with Gasteiger partial charge in [-0.15, -0.1) is 0 Å². The molecule has 40 heavy (non-hydrogen) atoms. The smallest absolute Gasteiger partial charge is 0.228 e. The van der Waals surface area contributed by atoms with Crippen molar-refractivity contribution in [2.75, 3.05) is 11.9 Å². The number of hydrogen-bond donors (Lipinski definition) is 1. The number of hydrogen-bond acceptors (Lipinski definition) is 2. The third-order valence-corrected chi connectivity index (χ3v) is 7.31. The summed E-state index contributed by atoms with van der Waals surface area (Å²) in [6, 6.07) is 19.6. The number of benzene rings is 2. The lowest BCUT2D eigenvalue weighted by Crippen LogP contribution is -3.00. The van der Waals surface area contributed by atoms with Gasteiger partial charge in [-0.1, -0.05) is 113 Å². The Morgan fingerprint density at radius 3 is 1.98 bits per heavy atom. The van der Waals surface area contributed by atoms with E-state index in [2.05, 4.69) is 16.8 Å². The number of unbranched alkanes of at least 4 members (excludes halogenated alkanes) is 11. The SMILES string of the molecule is CCCCCCCCCCCCCCOc1cc(CC(=O)Nc2ccc(C[n+]3ccccc3)cc2)ccc1Cl.[Br-]. The molecular formula is C34H46BrClN2O2. The number of anilines is 1. The number of carbonyl (C=O) groups excluding carboxylic acids is 1. The number of carbonyl (C=O) groups is 1. The number of nitrogens with one attached hydrogen (secondary N) is 1. The zero-order valence-corrected chi connectivity index (χ0v) is 26.4. The Morgan fingerprint density at radius 1 is 0.775 bits per heavy atom. The lowest BCUT2D eigenvalue weighted by molar-refractivity contribution is -0.688. The van der Waals surface area contributed by atoms with Crippen LogP contribution in [0.4, 0.5) is 5.69 Å². The van der Waals surface area contributed by atoms with Gasteiger partial charge in [0.15, 0.2) is 18.9 Å². The molecule has 0 atom stereocenters. The molecule has 0 spiro atoms. The van der Waals surface area contributed by atoms with E-state index in [1.54, 1.807) is 0 Å². The van der Waals surface area contributed by atoms with Gasteiger partial charge >= 0.3 is 0 Å². The molecule has 0 saturated heterocycles. The van der Waals surface area contributed by atoms with Gasteiger partial charge in [-0.25, -0.2) is 4.57 Å². The van der Waals surface area contributed by atoms with Gasteiger partial charge in [0, 0.05) is 23.4 Å². The van der Waals surface area contributed by atoms with Gasteiger partial charge in [0.05, 0.1) is 18.1 Å². The number of pyridine rings is 1. The van der Waals surface area contributed by atoms with Crippen LogP contribution in [0.3, 0.4) is 0 Å². The summed E-state index contributed by atoms with van der Waals surface area (Å²) in [4.78, 5) is 12.7. The predicted octanol–water partition coefficient (Wildman–Crippen LogP) is 5.94. The van der Waals surface area contributed by atoms with E-state index in [1.165, 1.54) is 76.2 Å². The number of amides is 1. The second kappa shape index (κ2) is 20.5. The van der Waals surface area contributed by atoms with E-state index in [0.717, 1.165) is 24.2 Å². The minimum Gasteiger partial charge on any atom is -1.00 e. The van der Waals surface area contributed by atoms with Crippen molar-refractivity contribution in [1.29, 1.82) is 0 Å². The maximum atomic E-state index is 12.7. The highest BCUT2D eigenvalue weighted by Crippen LogP contribution is 2.26. The topological polar surface area (TPSA) is 42.2 Å². The van der Waals surface area contributed by atoms with Gasteiger partial charge in [-0.05, 0) is 36.2 Å². The Bertz CT molecular complexity index is 1090. The lowest BCUT2D eigenvalue weighted by atomic mass is 10.1. The summed E-state index contributed by atoms with van der Waals surface area (Å²) in [5.41, 5.74) is 2.86. The summed E-state index contributed by atoms with van der Waals surface area (Å²) in [6.45, 7) is 3.72. The normalized spacial score (nSPS) is 10.7. The van der Waals surface area contributed by atoms with Gasteiger partial charge in [0.25, 0.3) is 0 Å². The first-order chi connectivity index (χ1) is 19.1. The quantitative estimate of drug-likeness (QED) is 0.132. The standard InChI is InChI=1S/C34H45ClN2O2.BrH/c1-2-3-4-5-6-7-8-9-10-11-12-16-25-39-33-26-30(19-22-32(33)35)27-34(38)36-31-20-17-29(18-21-31)28-37-23-14-13-15-24-37;/h13-15,17-24,26H,2-12,16,25,27-28H2,1H3;1H. The maximum Gasteiger partial charge on any atom is 0.228 e. The Balaban J connectivity index is 0.00000560. The zero-order chi connectivity index (χ0) is 27.5. The highest BCUT2D eigenvalue weighted by Gasteiger charge is 2.09. The summed E-state index contributed by atoms with van der Waals surface area (Å²) in [5, 5.41) is 3.58. The van der Waals surface area contributed by atoms with Crippen LogP contribution in [0.2, 0.25) is 5.02 Å². The summed E-state index contributed by atoms with van der Waals surface area (Å²) in [5.74, 6) is 0.599. The number of ether oxygens (including phenoxy) is 1. The molecule has 1 aromatic heterocycles. The zero-order valence-electron chi connectivity index (χ0n) is 24.1. The Hall–Kier alpha value is -2.37. The maximum absolute atomic E-state index is 12.7. The van der Waals surface area contributed by atoms with E-state index in [0.29, 0.717) is 17.4 Å². The molecule has 1 heterocycles. The number of halogens is 2. The highest BCUT2D eigenvalue weighted by atomic mass is 79.9. The first kappa shape index (κ1) is 33.8. The molecule has 1 amide bonds. The summed E-state index contributed by atoms with van der Waals surface area (Å²) >= 11 is 6.36. The summed E-state index contributed by atoms with van der Waals surface area (Å²) < 4.78 is 8.08. The Morgan fingerprint density at radius 2 is 1.35 bits per heavy atom. The molecule has 0 aliphatic heterocycles. The van der Waals surface area contributed by atoms with Crippen molar-refractivity contribution in [3.05, 3.63) is 89.2 Å². The van der Waals surface area contributed by atoms with E-state index < -0.39 is 0 Å². The van der Waals surface area contributed by atoms with Crippen molar-refractivity contribution < 1.29 is 31.1 Å². The van der Waals surface area contributed by atoms with Crippen LogP contribution in [0, 0.1) is 0 Å². The van der Waals surface area contributed by atoms with Gasteiger partial charge in [-0.2, -0.15) is 0 Å². The molecule has 0 aliphatic carbocycles. The fourth-order valence-corrected chi connectivity index (χ4v) is 4.90. The van der Waals surface area contributed by atoms with Crippen molar-refractivity contribution in [2.24, 2.45) is 0 Å². The van der Waals surface area contributed by atoms with E-state index in [1.807, 2.05) is 73.1 Å². The fraction of sp³-hybridized carbons (Fsp3) is 0.471. The average Bonchev–Trinajstić information content (AvgIpc) is 2.94. The van der Waals surface area contributed by atoms with Crippen LogP contribution < -0.4 is 31.6 Å². The predicted molar refractivity (Wildman–Crippen MR) is 163 cm³/mol. The number of aromatic nitrogens is 1. The first-order valence-electron chi connectivity index (χ1n) is 14.9. The summed E-state index contributed by atoms with van der Waals surface area (Å²) in [7, 11) is 0. The first-order valence-corrected chi connectivity index (χ1v) is 15.3. The second-order valence-electron chi connectivity index (χ2n) is 10.5. The van der Waals surface area contributed by atoms with Gasteiger partial charge in [-0.3, -0.25) is 4.79 Å². The van der Waals surface area contributed by atoms with Crippen LogP contribution in [0.15, 0.2) is 73.1 Å². The third-order valence-electron chi connectivity index (χ3n) is 7.00. The molecule has 0 fully saturated rings. The molecule has 0 unspecified atom stereocenters.